The second-order valence-corrected chi connectivity index (χ2v) is 4.90. The number of carboxylic acid groups (broad SMARTS) is 1. The number of carbonyl (C=O) groups excluding carboxylic acids is 1. The lowest BCUT2D eigenvalue weighted by atomic mass is 10.1. The highest BCUT2D eigenvalue weighted by Crippen LogP contribution is 2.40. The zero-order valence-corrected chi connectivity index (χ0v) is 12.3. The maximum Gasteiger partial charge on any atom is 0.306 e. The average Bonchev–Trinajstić information content (AvgIpc) is 2.92. The monoisotopic (exact) mass is 325 g/mol. The van der Waals surface area contributed by atoms with Gasteiger partial charge in [0.1, 0.15) is 6.10 Å². The number of hydrogen-bond donors (Lipinski definition) is 1. The molecule has 0 spiro atoms. The van der Waals surface area contributed by atoms with Gasteiger partial charge in [-0.15, -0.1) is 0 Å². The van der Waals surface area contributed by atoms with Crippen molar-refractivity contribution in [2.45, 2.75) is 32.3 Å². The predicted molar refractivity (Wildman–Crippen MR) is 75.2 cm³/mol. The third-order valence-corrected chi connectivity index (χ3v) is 3.24. The molecule has 1 aliphatic rings. The van der Waals surface area contributed by atoms with E-state index < -0.39 is 23.0 Å². The van der Waals surface area contributed by atoms with E-state index >= 15 is 0 Å². The van der Waals surface area contributed by atoms with Gasteiger partial charge in [0, 0.05) is 12.8 Å². The molecule has 1 aromatic rings. The highest BCUT2D eigenvalue weighted by atomic mass is 16.7. The Kier molecular flexibility index (Phi) is 4.99. The van der Waals surface area contributed by atoms with Crippen LogP contribution in [-0.2, 0) is 14.3 Å². The van der Waals surface area contributed by atoms with E-state index in [-0.39, 0.29) is 43.1 Å². The fourth-order valence-electron chi connectivity index (χ4n) is 2.13. The molecule has 23 heavy (non-hydrogen) atoms. The maximum absolute atomic E-state index is 11.7. The summed E-state index contributed by atoms with van der Waals surface area (Å²) in [7, 11) is 0. The molecule has 1 unspecified atom stereocenters. The van der Waals surface area contributed by atoms with Gasteiger partial charge >= 0.3 is 11.9 Å². The van der Waals surface area contributed by atoms with Gasteiger partial charge in [-0.25, -0.2) is 0 Å². The van der Waals surface area contributed by atoms with E-state index in [1.165, 1.54) is 19.1 Å². The van der Waals surface area contributed by atoms with E-state index in [0.717, 1.165) is 0 Å². The first-order valence-electron chi connectivity index (χ1n) is 6.87. The number of nitro groups is 1. The molecule has 0 bridgehead atoms. The maximum atomic E-state index is 11.7. The van der Waals surface area contributed by atoms with Gasteiger partial charge in [-0.1, -0.05) is 0 Å². The topological polar surface area (TPSA) is 125 Å². The first-order valence-corrected chi connectivity index (χ1v) is 6.87. The summed E-state index contributed by atoms with van der Waals surface area (Å²) in [6.45, 7) is 1.47. The number of benzene rings is 1. The Morgan fingerprint density at radius 2 is 2.00 bits per heavy atom. The minimum Gasteiger partial charge on any atom is -0.481 e. The van der Waals surface area contributed by atoms with E-state index in [2.05, 4.69) is 0 Å². The van der Waals surface area contributed by atoms with Crippen LogP contribution in [0.1, 0.15) is 37.9 Å². The number of esters is 1. The summed E-state index contributed by atoms with van der Waals surface area (Å²) >= 11 is 0. The van der Waals surface area contributed by atoms with E-state index in [1.807, 2.05) is 0 Å². The molecular weight excluding hydrogens is 310 g/mol. The third kappa shape index (κ3) is 4.09. The van der Waals surface area contributed by atoms with Crippen LogP contribution in [0.3, 0.4) is 0 Å². The van der Waals surface area contributed by atoms with Crippen LogP contribution in [0.2, 0.25) is 0 Å². The summed E-state index contributed by atoms with van der Waals surface area (Å²) in [6.07, 6.45) is -0.950. The summed E-state index contributed by atoms with van der Waals surface area (Å²) in [5.74, 6) is -1.01. The van der Waals surface area contributed by atoms with Crippen molar-refractivity contribution in [1.82, 2.24) is 0 Å². The molecule has 0 aliphatic carbocycles. The van der Waals surface area contributed by atoms with Crippen molar-refractivity contribution in [1.29, 1.82) is 0 Å². The van der Waals surface area contributed by atoms with Gasteiger partial charge in [0.05, 0.1) is 16.6 Å². The van der Waals surface area contributed by atoms with Crippen molar-refractivity contribution >= 4 is 17.6 Å². The van der Waals surface area contributed by atoms with Gasteiger partial charge in [-0.3, -0.25) is 19.7 Å². The molecule has 0 saturated carbocycles. The summed E-state index contributed by atoms with van der Waals surface area (Å²) in [4.78, 5) is 32.7. The Morgan fingerprint density at radius 1 is 1.35 bits per heavy atom. The fourth-order valence-corrected chi connectivity index (χ4v) is 2.13. The number of fused-ring (bicyclic) bond motifs is 1. The second kappa shape index (κ2) is 6.95. The van der Waals surface area contributed by atoms with Gasteiger partial charge in [0.25, 0.3) is 5.69 Å². The molecule has 2 rings (SSSR count). The second-order valence-electron chi connectivity index (χ2n) is 4.90. The van der Waals surface area contributed by atoms with Crippen LogP contribution >= 0.6 is 0 Å². The molecule has 1 aliphatic heterocycles. The van der Waals surface area contributed by atoms with E-state index in [1.54, 1.807) is 0 Å². The molecule has 0 saturated heterocycles. The Morgan fingerprint density at radius 3 is 2.61 bits per heavy atom. The molecule has 1 N–H and O–H groups in total. The third-order valence-electron chi connectivity index (χ3n) is 3.24. The van der Waals surface area contributed by atoms with Gasteiger partial charge in [-0.2, -0.15) is 0 Å². The van der Waals surface area contributed by atoms with Crippen LogP contribution in [0.4, 0.5) is 5.69 Å². The Balaban J connectivity index is 2.09. The molecule has 0 aromatic heterocycles. The molecule has 0 radical (unpaired) electrons. The standard InChI is InChI=1S/C14H15NO8/c1-8(23-14(18)4-2-3-13(16)17)9-5-11-12(22-7-21-11)6-10(9)15(19)20/h5-6,8H,2-4,7H2,1H3,(H,16,17). The molecule has 9 nitrogen and oxygen atoms in total. The van der Waals surface area contributed by atoms with Crippen LogP contribution in [0.15, 0.2) is 12.1 Å². The Bertz CT molecular complexity index is 642. The number of aliphatic carboxylic acids is 1. The average molecular weight is 325 g/mol. The van der Waals surface area contributed by atoms with Crippen LogP contribution in [0.5, 0.6) is 11.5 Å². The van der Waals surface area contributed by atoms with Gasteiger partial charge in [0.15, 0.2) is 11.5 Å². The number of nitro benzene ring substituents is 1. The summed E-state index contributed by atoms with van der Waals surface area (Å²) < 4.78 is 15.4. The highest BCUT2D eigenvalue weighted by Gasteiger charge is 2.27. The molecular formula is C14H15NO8. The zero-order chi connectivity index (χ0) is 17.0. The van der Waals surface area contributed by atoms with Crippen LogP contribution in [0, 0.1) is 10.1 Å². The van der Waals surface area contributed by atoms with Crippen molar-refractivity contribution in [2.24, 2.45) is 0 Å². The highest BCUT2D eigenvalue weighted by molar-refractivity contribution is 5.72. The van der Waals surface area contributed by atoms with Crippen molar-refractivity contribution in [3.05, 3.63) is 27.8 Å². The van der Waals surface area contributed by atoms with Crippen molar-refractivity contribution in [3.63, 3.8) is 0 Å². The molecule has 1 atom stereocenters. The van der Waals surface area contributed by atoms with E-state index in [0.29, 0.717) is 5.75 Å². The summed E-state index contributed by atoms with van der Waals surface area (Å²) in [6, 6.07) is 2.64. The predicted octanol–water partition coefficient (Wildman–Crippen LogP) is 2.18. The quantitative estimate of drug-likeness (QED) is 0.459. The van der Waals surface area contributed by atoms with Crippen molar-refractivity contribution in [2.75, 3.05) is 6.79 Å². The molecule has 1 heterocycles. The van der Waals surface area contributed by atoms with Crippen molar-refractivity contribution < 1.29 is 33.8 Å². The first-order chi connectivity index (χ1) is 10.9. The zero-order valence-electron chi connectivity index (χ0n) is 12.3. The van der Waals surface area contributed by atoms with E-state index in [4.69, 9.17) is 19.3 Å². The lowest BCUT2D eigenvalue weighted by Crippen LogP contribution is -2.11. The Labute approximate surface area is 130 Å². The van der Waals surface area contributed by atoms with Crippen LogP contribution in [-0.4, -0.2) is 28.8 Å². The molecule has 0 amide bonds. The van der Waals surface area contributed by atoms with Gasteiger partial charge in [-0.05, 0) is 19.4 Å². The number of nitrogens with zero attached hydrogens (tertiary/aromatic N) is 1. The molecule has 124 valence electrons. The number of ether oxygens (including phenoxy) is 3. The molecule has 9 heteroatoms. The smallest absolute Gasteiger partial charge is 0.306 e. The van der Waals surface area contributed by atoms with Gasteiger partial charge in [0.2, 0.25) is 6.79 Å². The lowest BCUT2D eigenvalue weighted by molar-refractivity contribution is -0.386. The molecule has 0 fully saturated rings. The summed E-state index contributed by atoms with van der Waals surface area (Å²) in [5.41, 5.74) is -0.0501. The summed E-state index contributed by atoms with van der Waals surface area (Å²) in [5, 5.41) is 19.7. The normalized spacial score (nSPS) is 13.4. The number of carbonyl (C=O) groups is 2. The number of carboxylic acids is 1. The number of hydrogen-bond acceptors (Lipinski definition) is 7. The minimum atomic E-state index is -1.00. The number of rotatable bonds is 7. The lowest BCUT2D eigenvalue weighted by Gasteiger charge is -2.14. The van der Waals surface area contributed by atoms with Crippen LogP contribution in [0.25, 0.3) is 0 Å². The largest absolute Gasteiger partial charge is 0.481 e. The van der Waals surface area contributed by atoms with Crippen molar-refractivity contribution in [3.8, 4) is 11.5 Å². The Hall–Kier alpha value is -2.84. The van der Waals surface area contributed by atoms with Crippen LogP contribution < -0.4 is 9.47 Å². The van der Waals surface area contributed by atoms with Gasteiger partial charge < -0.3 is 19.3 Å². The fraction of sp³-hybridized carbons (Fsp3) is 0.429. The van der Waals surface area contributed by atoms with E-state index in [9.17, 15) is 19.7 Å². The minimum absolute atomic E-state index is 0.0285. The first kappa shape index (κ1) is 16.5. The molecule has 1 aromatic carbocycles. The SMILES string of the molecule is CC(OC(=O)CCCC(=O)O)c1cc2c(cc1[N+](=O)[O-])OCO2.